The van der Waals surface area contributed by atoms with E-state index in [4.69, 9.17) is 4.74 Å². The Morgan fingerprint density at radius 1 is 0.875 bits per heavy atom. The Balaban J connectivity index is 2.15. The number of carbonyl (C=O) groups excluding carboxylic acids is 1. The second kappa shape index (κ2) is 9.10. The Labute approximate surface area is 180 Å². The smallest absolute Gasteiger partial charge is 0.416 e. The summed E-state index contributed by atoms with van der Waals surface area (Å²) in [5.41, 5.74) is -4.58. The molecule has 2 aromatic carbocycles. The summed E-state index contributed by atoms with van der Waals surface area (Å²) in [5, 5.41) is 0. The molecule has 5 nitrogen and oxygen atoms in total. The number of ether oxygens (including phenoxy) is 1. The SMILES string of the molecule is CC(C)(CCOS(=O)(=O)c1cc(C(F)(F)F)cc(C(F)(F)F)c1)OC(=O)c1ccccc1. The van der Waals surface area contributed by atoms with Gasteiger partial charge in [0.1, 0.15) is 5.60 Å². The molecule has 0 fully saturated rings. The van der Waals surface area contributed by atoms with E-state index in [9.17, 15) is 39.6 Å². The van der Waals surface area contributed by atoms with Gasteiger partial charge in [-0.05, 0) is 44.2 Å². The lowest BCUT2D eigenvalue weighted by atomic mass is 10.1. The third kappa shape index (κ3) is 6.95. The number of hydrogen-bond donors (Lipinski definition) is 0. The van der Waals surface area contributed by atoms with E-state index in [0.717, 1.165) is 0 Å². The molecule has 0 amide bonds. The van der Waals surface area contributed by atoms with Gasteiger partial charge in [-0.25, -0.2) is 4.79 Å². The van der Waals surface area contributed by atoms with Crippen molar-refractivity contribution < 1.29 is 48.5 Å². The molecule has 176 valence electrons. The van der Waals surface area contributed by atoms with Gasteiger partial charge in [0.2, 0.25) is 0 Å². The van der Waals surface area contributed by atoms with Crippen molar-refractivity contribution in [2.45, 2.75) is 43.1 Å². The largest absolute Gasteiger partial charge is 0.456 e. The molecule has 0 heterocycles. The Kier molecular flexibility index (Phi) is 7.30. The molecule has 12 heteroatoms. The van der Waals surface area contributed by atoms with E-state index in [1.165, 1.54) is 26.0 Å². The zero-order valence-corrected chi connectivity index (χ0v) is 17.6. The van der Waals surface area contributed by atoms with Crippen LogP contribution in [0.15, 0.2) is 53.4 Å². The average molecular weight is 484 g/mol. The fourth-order valence-electron chi connectivity index (χ4n) is 2.47. The molecular weight excluding hydrogens is 466 g/mol. The molecule has 0 aliphatic carbocycles. The first kappa shape index (κ1) is 25.7. The fourth-order valence-corrected chi connectivity index (χ4v) is 3.45. The minimum absolute atomic E-state index is 0.0607. The number of esters is 1. The van der Waals surface area contributed by atoms with Crippen LogP contribution < -0.4 is 0 Å². The summed E-state index contributed by atoms with van der Waals surface area (Å²) >= 11 is 0. The lowest BCUT2D eigenvalue weighted by Crippen LogP contribution is -2.30. The van der Waals surface area contributed by atoms with Crippen LogP contribution in [0.25, 0.3) is 0 Å². The Bertz CT molecular complexity index is 1030. The Morgan fingerprint density at radius 2 is 1.38 bits per heavy atom. The van der Waals surface area contributed by atoms with Crippen molar-refractivity contribution in [2.24, 2.45) is 0 Å². The van der Waals surface area contributed by atoms with Gasteiger partial charge in [0.25, 0.3) is 10.1 Å². The van der Waals surface area contributed by atoms with Gasteiger partial charge < -0.3 is 4.74 Å². The predicted molar refractivity (Wildman–Crippen MR) is 100 cm³/mol. The molecule has 32 heavy (non-hydrogen) atoms. The first-order valence-corrected chi connectivity index (χ1v) is 10.4. The highest BCUT2D eigenvalue weighted by Gasteiger charge is 2.38. The molecule has 0 saturated heterocycles. The van der Waals surface area contributed by atoms with E-state index in [0.29, 0.717) is 0 Å². The first-order valence-electron chi connectivity index (χ1n) is 8.99. The van der Waals surface area contributed by atoms with Crippen LogP contribution in [-0.2, 0) is 31.4 Å². The lowest BCUT2D eigenvalue weighted by molar-refractivity contribution is -0.143. The van der Waals surface area contributed by atoms with Crippen molar-refractivity contribution in [3.63, 3.8) is 0 Å². The van der Waals surface area contributed by atoms with E-state index in [2.05, 4.69) is 4.18 Å². The van der Waals surface area contributed by atoms with Crippen molar-refractivity contribution >= 4 is 16.1 Å². The standard InChI is InChI=1S/C20H18F6O5S/c1-18(2,31-17(27)13-6-4-3-5-7-13)8-9-30-32(28,29)16-11-14(19(21,22)23)10-15(12-16)20(24,25)26/h3-7,10-12H,8-9H2,1-2H3. The van der Waals surface area contributed by atoms with Crippen molar-refractivity contribution in [3.8, 4) is 0 Å². The van der Waals surface area contributed by atoms with Crippen molar-refractivity contribution in [3.05, 3.63) is 65.2 Å². The molecular formula is C20H18F6O5S. The average Bonchev–Trinajstić information content (AvgIpc) is 2.66. The Morgan fingerprint density at radius 3 is 1.84 bits per heavy atom. The summed E-state index contributed by atoms with van der Waals surface area (Å²) < 4.78 is 112. The maximum absolute atomic E-state index is 12.9. The highest BCUT2D eigenvalue weighted by Crippen LogP contribution is 2.37. The van der Waals surface area contributed by atoms with E-state index >= 15 is 0 Å². The van der Waals surface area contributed by atoms with Gasteiger partial charge in [0.15, 0.2) is 0 Å². The van der Waals surface area contributed by atoms with Gasteiger partial charge in [0, 0.05) is 6.42 Å². The number of benzene rings is 2. The first-order chi connectivity index (χ1) is 14.5. The summed E-state index contributed by atoms with van der Waals surface area (Å²) in [4.78, 5) is 10.8. The summed E-state index contributed by atoms with van der Waals surface area (Å²) in [6, 6.07) is 7.80. The highest BCUT2D eigenvalue weighted by molar-refractivity contribution is 7.86. The zero-order chi connectivity index (χ0) is 24.4. The van der Waals surface area contributed by atoms with Crippen LogP contribution in [-0.4, -0.2) is 26.6 Å². The van der Waals surface area contributed by atoms with E-state index in [1.54, 1.807) is 18.2 Å². The summed E-state index contributed by atoms with van der Waals surface area (Å²) in [5.74, 6) is -0.703. The van der Waals surface area contributed by atoms with Crippen molar-refractivity contribution in [2.75, 3.05) is 6.61 Å². The number of hydrogen-bond acceptors (Lipinski definition) is 5. The van der Waals surface area contributed by atoms with E-state index < -0.39 is 56.7 Å². The van der Waals surface area contributed by atoms with Crippen molar-refractivity contribution in [1.29, 1.82) is 0 Å². The zero-order valence-electron chi connectivity index (χ0n) is 16.8. The number of carbonyl (C=O) groups is 1. The van der Waals surface area contributed by atoms with Crippen LogP contribution in [0.1, 0.15) is 41.8 Å². The van der Waals surface area contributed by atoms with Crippen molar-refractivity contribution in [1.82, 2.24) is 0 Å². The maximum atomic E-state index is 12.9. The van der Waals surface area contributed by atoms with Crippen LogP contribution in [0.2, 0.25) is 0 Å². The third-order valence-corrected chi connectivity index (χ3v) is 5.46. The minimum Gasteiger partial charge on any atom is -0.456 e. The fraction of sp³-hybridized carbons (Fsp3) is 0.350. The van der Waals surface area contributed by atoms with Crippen LogP contribution in [0.4, 0.5) is 26.3 Å². The predicted octanol–water partition coefficient (Wildman–Crippen LogP) is 5.46. The summed E-state index contributed by atoms with van der Waals surface area (Å²) in [6.45, 7) is 2.22. The van der Waals surface area contributed by atoms with Gasteiger partial charge in [-0.3, -0.25) is 4.18 Å². The molecule has 0 spiro atoms. The number of rotatable bonds is 7. The lowest BCUT2D eigenvalue weighted by Gasteiger charge is -2.25. The molecule has 0 atom stereocenters. The molecule has 0 aliphatic heterocycles. The molecule has 0 bridgehead atoms. The number of alkyl halides is 6. The van der Waals surface area contributed by atoms with Gasteiger partial charge in [-0.1, -0.05) is 18.2 Å². The molecule has 0 aromatic heterocycles. The van der Waals surface area contributed by atoms with Gasteiger partial charge >= 0.3 is 18.3 Å². The molecule has 2 aromatic rings. The maximum Gasteiger partial charge on any atom is 0.416 e. The molecule has 0 saturated carbocycles. The van der Waals surface area contributed by atoms with Crippen LogP contribution in [0.3, 0.4) is 0 Å². The normalized spacial score (nSPS) is 13.1. The molecule has 0 radical (unpaired) electrons. The quantitative estimate of drug-likeness (QED) is 0.297. The second-order valence-corrected chi connectivity index (χ2v) is 8.90. The van der Waals surface area contributed by atoms with E-state index in [1.807, 2.05) is 0 Å². The number of halogens is 6. The van der Waals surface area contributed by atoms with Gasteiger partial charge in [0.05, 0.1) is 28.2 Å². The minimum atomic E-state index is -5.21. The summed E-state index contributed by atoms with van der Waals surface area (Å²) in [7, 11) is -4.97. The molecule has 0 N–H and O–H groups in total. The third-order valence-electron chi connectivity index (χ3n) is 4.17. The van der Waals surface area contributed by atoms with E-state index in [-0.39, 0.29) is 30.2 Å². The topological polar surface area (TPSA) is 69.7 Å². The van der Waals surface area contributed by atoms with Crippen LogP contribution in [0.5, 0.6) is 0 Å². The highest BCUT2D eigenvalue weighted by atomic mass is 32.2. The second-order valence-electron chi connectivity index (χ2n) is 7.28. The molecule has 0 aliphatic rings. The molecule has 0 unspecified atom stereocenters. The molecule has 2 rings (SSSR count). The monoisotopic (exact) mass is 484 g/mol. The van der Waals surface area contributed by atoms with Crippen LogP contribution >= 0.6 is 0 Å². The van der Waals surface area contributed by atoms with Gasteiger partial charge in [-0.2, -0.15) is 34.8 Å². The Hall–Kier alpha value is -2.60. The van der Waals surface area contributed by atoms with Crippen LogP contribution in [0, 0.1) is 0 Å². The van der Waals surface area contributed by atoms with Gasteiger partial charge in [-0.15, -0.1) is 0 Å². The summed E-state index contributed by atoms with van der Waals surface area (Å²) in [6.07, 6.45) is -10.6.